The van der Waals surface area contributed by atoms with Gasteiger partial charge in [0, 0.05) is 39.8 Å². The molecule has 1 fully saturated rings. The number of rotatable bonds is 6. The van der Waals surface area contributed by atoms with Gasteiger partial charge in [0.2, 0.25) is 11.8 Å². The van der Waals surface area contributed by atoms with Crippen LogP contribution in [0.3, 0.4) is 0 Å². The maximum Gasteiger partial charge on any atom is 0.289 e. The highest BCUT2D eigenvalue weighted by molar-refractivity contribution is 5.97. The highest BCUT2D eigenvalue weighted by atomic mass is 16.3. The minimum atomic E-state index is -0.173. The number of piperazine rings is 1. The number of hydrogen-bond acceptors (Lipinski definition) is 4. The van der Waals surface area contributed by atoms with Gasteiger partial charge < -0.3 is 19.1 Å². The average molecular weight is 335 g/mol. The third kappa shape index (κ3) is 4.59. The lowest BCUT2D eigenvalue weighted by Crippen LogP contribution is -2.51. The zero-order valence-electron chi connectivity index (χ0n) is 14.4. The summed E-state index contributed by atoms with van der Waals surface area (Å²) in [4.78, 5) is 41.4. The van der Waals surface area contributed by atoms with Crippen LogP contribution in [0.5, 0.6) is 0 Å². The van der Waals surface area contributed by atoms with E-state index in [1.807, 2.05) is 0 Å². The van der Waals surface area contributed by atoms with E-state index in [1.54, 1.807) is 33.9 Å². The van der Waals surface area contributed by atoms with Crippen LogP contribution in [0.15, 0.2) is 22.8 Å². The Labute approximate surface area is 142 Å². The normalized spacial score (nSPS) is 14.6. The Bertz CT molecular complexity index is 562. The standard InChI is InChI=1S/C17H25N3O4/c1-3-4-7-18(2)15(21)13-16(22)19-8-10-20(11-9-19)17(23)14-6-5-12-24-14/h5-6,12H,3-4,7-11,13H2,1-2H3. The molecule has 0 aliphatic carbocycles. The van der Waals surface area contributed by atoms with E-state index in [-0.39, 0.29) is 24.1 Å². The molecular formula is C17H25N3O4. The lowest BCUT2D eigenvalue weighted by atomic mass is 10.2. The maximum atomic E-state index is 12.2. The third-order valence-electron chi connectivity index (χ3n) is 4.23. The monoisotopic (exact) mass is 335 g/mol. The number of hydrogen-bond donors (Lipinski definition) is 0. The number of unbranched alkanes of at least 4 members (excludes halogenated alkanes) is 1. The maximum absolute atomic E-state index is 12.2. The second-order valence-electron chi connectivity index (χ2n) is 6.00. The van der Waals surface area contributed by atoms with E-state index in [0.717, 1.165) is 12.8 Å². The van der Waals surface area contributed by atoms with Gasteiger partial charge in [0.25, 0.3) is 5.91 Å². The lowest BCUT2D eigenvalue weighted by Gasteiger charge is -2.34. The van der Waals surface area contributed by atoms with Crippen LogP contribution in [0.2, 0.25) is 0 Å². The van der Waals surface area contributed by atoms with Gasteiger partial charge in [-0.2, -0.15) is 0 Å². The van der Waals surface area contributed by atoms with E-state index in [0.29, 0.717) is 38.5 Å². The third-order valence-corrected chi connectivity index (χ3v) is 4.23. The summed E-state index contributed by atoms with van der Waals surface area (Å²) < 4.78 is 5.11. The fraction of sp³-hybridized carbons (Fsp3) is 0.588. The SMILES string of the molecule is CCCCN(C)C(=O)CC(=O)N1CCN(C(=O)c2ccco2)CC1. The van der Waals surface area contributed by atoms with Crippen molar-refractivity contribution in [2.45, 2.75) is 26.2 Å². The molecule has 3 amide bonds. The Morgan fingerprint density at radius 3 is 2.42 bits per heavy atom. The van der Waals surface area contributed by atoms with Gasteiger partial charge in [-0.3, -0.25) is 14.4 Å². The topological polar surface area (TPSA) is 74.1 Å². The first-order valence-corrected chi connectivity index (χ1v) is 8.37. The Hall–Kier alpha value is -2.31. The molecule has 0 N–H and O–H groups in total. The van der Waals surface area contributed by atoms with Gasteiger partial charge >= 0.3 is 0 Å². The minimum absolute atomic E-state index is 0.105. The smallest absolute Gasteiger partial charge is 0.289 e. The van der Waals surface area contributed by atoms with E-state index in [4.69, 9.17) is 4.42 Å². The number of nitrogens with zero attached hydrogens (tertiary/aromatic N) is 3. The largest absolute Gasteiger partial charge is 0.459 e. The summed E-state index contributed by atoms with van der Waals surface area (Å²) in [5, 5.41) is 0. The van der Waals surface area contributed by atoms with Gasteiger partial charge in [-0.15, -0.1) is 0 Å². The zero-order chi connectivity index (χ0) is 17.5. The molecule has 0 unspecified atom stereocenters. The van der Waals surface area contributed by atoms with Crippen molar-refractivity contribution in [1.29, 1.82) is 0 Å². The molecule has 2 heterocycles. The van der Waals surface area contributed by atoms with Gasteiger partial charge in [-0.25, -0.2) is 0 Å². The zero-order valence-corrected chi connectivity index (χ0v) is 14.4. The van der Waals surface area contributed by atoms with E-state index in [9.17, 15) is 14.4 Å². The first kappa shape index (κ1) is 18.0. The van der Waals surface area contributed by atoms with Gasteiger partial charge in [0.1, 0.15) is 6.42 Å². The van der Waals surface area contributed by atoms with Crippen LogP contribution in [0.25, 0.3) is 0 Å². The molecule has 7 heteroatoms. The predicted molar refractivity (Wildman–Crippen MR) is 88.4 cm³/mol. The fourth-order valence-electron chi connectivity index (χ4n) is 2.61. The second-order valence-corrected chi connectivity index (χ2v) is 6.00. The lowest BCUT2D eigenvalue weighted by molar-refractivity contribution is -0.140. The molecule has 1 aromatic rings. The minimum Gasteiger partial charge on any atom is -0.459 e. The van der Waals surface area contributed by atoms with Crippen molar-refractivity contribution >= 4 is 17.7 Å². The number of amides is 3. The molecule has 0 spiro atoms. The van der Waals surface area contributed by atoms with Crippen LogP contribution in [0.1, 0.15) is 36.7 Å². The summed E-state index contributed by atoms with van der Waals surface area (Å²) in [6, 6.07) is 3.30. The summed E-state index contributed by atoms with van der Waals surface area (Å²) in [5.74, 6) is -0.180. The molecule has 1 aromatic heterocycles. The molecule has 0 bridgehead atoms. The predicted octanol–water partition coefficient (Wildman–Crippen LogP) is 1.21. The summed E-state index contributed by atoms with van der Waals surface area (Å²) in [6.45, 7) is 4.52. The molecule has 2 rings (SSSR count). The van der Waals surface area contributed by atoms with Crippen LogP contribution >= 0.6 is 0 Å². The molecule has 0 radical (unpaired) electrons. The van der Waals surface area contributed by atoms with E-state index >= 15 is 0 Å². The number of carbonyl (C=O) groups excluding carboxylic acids is 3. The van der Waals surface area contributed by atoms with Gasteiger partial charge in [-0.05, 0) is 18.6 Å². The number of furan rings is 1. The van der Waals surface area contributed by atoms with Crippen LogP contribution < -0.4 is 0 Å². The van der Waals surface area contributed by atoms with E-state index in [2.05, 4.69) is 6.92 Å². The first-order chi connectivity index (χ1) is 11.5. The number of carbonyl (C=O) groups is 3. The summed E-state index contributed by atoms with van der Waals surface area (Å²) >= 11 is 0. The molecule has 1 saturated heterocycles. The van der Waals surface area contributed by atoms with Crippen LogP contribution in [0, 0.1) is 0 Å². The van der Waals surface area contributed by atoms with Crippen molar-refractivity contribution in [3.8, 4) is 0 Å². The molecule has 0 atom stereocenters. The average Bonchev–Trinajstić information content (AvgIpc) is 3.13. The van der Waals surface area contributed by atoms with E-state index < -0.39 is 0 Å². The Morgan fingerprint density at radius 2 is 1.83 bits per heavy atom. The van der Waals surface area contributed by atoms with Gasteiger partial charge in [0.05, 0.1) is 6.26 Å². The first-order valence-electron chi connectivity index (χ1n) is 8.37. The Morgan fingerprint density at radius 1 is 1.17 bits per heavy atom. The molecule has 1 aliphatic heterocycles. The highest BCUT2D eigenvalue weighted by Gasteiger charge is 2.27. The van der Waals surface area contributed by atoms with Crippen molar-refractivity contribution in [2.24, 2.45) is 0 Å². The molecule has 24 heavy (non-hydrogen) atoms. The van der Waals surface area contributed by atoms with Gasteiger partial charge in [0.15, 0.2) is 5.76 Å². The molecule has 0 saturated carbocycles. The van der Waals surface area contributed by atoms with Gasteiger partial charge in [-0.1, -0.05) is 13.3 Å². The molecule has 0 aromatic carbocycles. The van der Waals surface area contributed by atoms with Crippen molar-refractivity contribution in [3.05, 3.63) is 24.2 Å². The van der Waals surface area contributed by atoms with Crippen molar-refractivity contribution in [3.63, 3.8) is 0 Å². The van der Waals surface area contributed by atoms with Crippen LogP contribution in [-0.2, 0) is 9.59 Å². The van der Waals surface area contributed by atoms with Crippen LogP contribution in [-0.4, -0.2) is 72.2 Å². The van der Waals surface area contributed by atoms with E-state index in [1.165, 1.54) is 6.26 Å². The highest BCUT2D eigenvalue weighted by Crippen LogP contribution is 2.10. The van der Waals surface area contributed by atoms with Crippen molar-refractivity contribution < 1.29 is 18.8 Å². The van der Waals surface area contributed by atoms with Crippen molar-refractivity contribution in [2.75, 3.05) is 39.8 Å². The molecule has 7 nitrogen and oxygen atoms in total. The Kier molecular flexibility index (Phi) is 6.40. The summed E-state index contributed by atoms with van der Waals surface area (Å²) in [7, 11) is 1.73. The summed E-state index contributed by atoms with van der Waals surface area (Å²) in [6.07, 6.45) is 3.31. The molecule has 1 aliphatic rings. The molecular weight excluding hydrogens is 310 g/mol. The summed E-state index contributed by atoms with van der Waals surface area (Å²) in [5.41, 5.74) is 0. The fourth-order valence-corrected chi connectivity index (χ4v) is 2.61. The second kappa shape index (κ2) is 8.52. The van der Waals surface area contributed by atoms with Crippen molar-refractivity contribution in [1.82, 2.24) is 14.7 Å². The Balaban J connectivity index is 1.78. The van der Waals surface area contributed by atoms with Crippen LogP contribution in [0.4, 0.5) is 0 Å². The quantitative estimate of drug-likeness (QED) is 0.733. The molecule has 132 valence electrons.